The Kier molecular flexibility index (Phi) is 6.29. The summed E-state index contributed by atoms with van der Waals surface area (Å²) in [5.74, 6) is 1.46. The molecule has 0 atom stereocenters. The Balaban J connectivity index is 1.65. The maximum absolute atomic E-state index is 12.7. The van der Waals surface area contributed by atoms with Crippen molar-refractivity contribution in [1.82, 2.24) is 9.88 Å². The van der Waals surface area contributed by atoms with E-state index in [1.165, 1.54) is 6.26 Å². The Morgan fingerprint density at radius 2 is 2.07 bits per heavy atom. The van der Waals surface area contributed by atoms with Gasteiger partial charge in [-0.25, -0.2) is 4.98 Å². The van der Waals surface area contributed by atoms with E-state index in [1.54, 1.807) is 28.4 Å². The monoisotopic (exact) mass is 384 g/mol. The minimum atomic E-state index is -0.112. The van der Waals surface area contributed by atoms with Gasteiger partial charge in [0, 0.05) is 11.9 Å². The smallest absolute Gasteiger partial charge is 0.289 e. The summed E-state index contributed by atoms with van der Waals surface area (Å²) in [6.45, 7) is 7.72. The zero-order valence-corrected chi connectivity index (χ0v) is 16.7. The highest BCUT2D eigenvalue weighted by molar-refractivity contribution is 7.09. The van der Waals surface area contributed by atoms with Crippen molar-refractivity contribution in [2.75, 3.05) is 6.54 Å². The number of rotatable bonds is 8. The number of para-hydroxylation sites is 1. The van der Waals surface area contributed by atoms with Crippen LogP contribution in [0.3, 0.4) is 0 Å². The van der Waals surface area contributed by atoms with E-state index in [1.807, 2.05) is 36.6 Å². The van der Waals surface area contributed by atoms with Crippen molar-refractivity contribution in [3.63, 3.8) is 0 Å². The van der Waals surface area contributed by atoms with E-state index in [4.69, 9.17) is 9.15 Å². The van der Waals surface area contributed by atoms with E-state index >= 15 is 0 Å². The molecule has 0 N–H and O–H groups in total. The van der Waals surface area contributed by atoms with Gasteiger partial charge in [-0.15, -0.1) is 11.3 Å². The predicted octanol–water partition coefficient (Wildman–Crippen LogP) is 4.92. The number of aromatic nitrogens is 1. The topological polar surface area (TPSA) is 55.6 Å². The van der Waals surface area contributed by atoms with Gasteiger partial charge in [-0.3, -0.25) is 4.79 Å². The average Bonchev–Trinajstić information content (AvgIpc) is 3.31. The molecule has 142 valence electrons. The molecule has 0 saturated carbocycles. The molecule has 0 aliphatic rings. The summed E-state index contributed by atoms with van der Waals surface area (Å²) in [6.07, 6.45) is 1.52. The molecular formula is C21H24N2O3S. The van der Waals surface area contributed by atoms with E-state index in [2.05, 4.69) is 18.8 Å². The normalized spacial score (nSPS) is 11.0. The van der Waals surface area contributed by atoms with Crippen LogP contribution in [0, 0.1) is 12.8 Å². The van der Waals surface area contributed by atoms with E-state index < -0.39 is 0 Å². The molecule has 1 amide bonds. The highest BCUT2D eigenvalue weighted by Gasteiger charge is 2.20. The van der Waals surface area contributed by atoms with E-state index in [9.17, 15) is 4.79 Å². The Morgan fingerprint density at radius 1 is 1.26 bits per heavy atom. The summed E-state index contributed by atoms with van der Waals surface area (Å²) in [6, 6.07) is 11.3. The lowest BCUT2D eigenvalue weighted by molar-refractivity contribution is 0.0688. The number of furan rings is 1. The van der Waals surface area contributed by atoms with Crippen molar-refractivity contribution in [1.29, 1.82) is 0 Å². The Labute approximate surface area is 163 Å². The number of aryl methyl sites for hydroxylation is 1. The molecule has 2 aromatic heterocycles. The summed E-state index contributed by atoms with van der Waals surface area (Å²) in [7, 11) is 0. The zero-order chi connectivity index (χ0) is 19.2. The van der Waals surface area contributed by atoms with Crippen LogP contribution >= 0.6 is 11.3 Å². The molecular weight excluding hydrogens is 360 g/mol. The number of ether oxygens (including phenoxy) is 1. The summed E-state index contributed by atoms with van der Waals surface area (Å²) < 4.78 is 11.1. The van der Waals surface area contributed by atoms with E-state index in [0.717, 1.165) is 22.0 Å². The average molecular weight is 385 g/mol. The lowest BCUT2D eigenvalue weighted by atomic mass is 10.2. The highest BCUT2D eigenvalue weighted by Crippen LogP contribution is 2.20. The maximum Gasteiger partial charge on any atom is 0.289 e. The van der Waals surface area contributed by atoms with Crippen molar-refractivity contribution in [2.24, 2.45) is 5.92 Å². The molecule has 0 aliphatic heterocycles. The van der Waals surface area contributed by atoms with E-state index in [-0.39, 0.29) is 5.91 Å². The van der Waals surface area contributed by atoms with Gasteiger partial charge in [0.15, 0.2) is 5.76 Å². The predicted molar refractivity (Wildman–Crippen MR) is 106 cm³/mol. The second-order valence-corrected chi connectivity index (χ2v) is 7.79. The second-order valence-electron chi connectivity index (χ2n) is 6.84. The summed E-state index contributed by atoms with van der Waals surface area (Å²) >= 11 is 1.55. The largest absolute Gasteiger partial charge is 0.486 e. The molecule has 0 spiro atoms. The zero-order valence-electron chi connectivity index (χ0n) is 15.8. The molecule has 6 heteroatoms. The van der Waals surface area contributed by atoms with Crippen LogP contribution in [-0.4, -0.2) is 22.3 Å². The maximum atomic E-state index is 12.7. The fourth-order valence-corrected chi connectivity index (χ4v) is 3.45. The van der Waals surface area contributed by atoms with Crippen LogP contribution in [0.15, 0.2) is 52.5 Å². The number of carbonyl (C=O) groups is 1. The fourth-order valence-electron chi connectivity index (χ4n) is 2.76. The lowest BCUT2D eigenvalue weighted by Gasteiger charge is -2.22. The van der Waals surface area contributed by atoms with Crippen LogP contribution in [0.25, 0.3) is 0 Å². The standard InChI is InChI=1S/C21H24N2O3S/c1-15(2)11-23(21(24)19-9-6-10-25-19)12-17-14-27-20(22-17)13-26-18-8-5-4-7-16(18)3/h4-10,14-15H,11-13H2,1-3H3. The van der Waals surface area contributed by atoms with Crippen LogP contribution < -0.4 is 4.74 Å². The first-order valence-corrected chi connectivity index (χ1v) is 9.85. The molecule has 1 aromatic carbocycles. The minimum absolute atomic E-state index is 0.112. The summed E-state index contributed by atoms with van der Waals surface area (Å²) in [5, 5.41) is 2.88. The number of nitrogens with zero attached hydrogens (tertiary/aromatic N) is 2. The fraction of sp³-hybridized carbons (Fsp3) is 0.333. The molecule has 0 bridgehead atoms. The van der Waals surface area contributed by atoms with Crippen LogP contribution in [0.5, 0.6) is 5.75 Å². The van der Waals surface area contributed by atoms with Gasteiger partial charge in [0.05, 0.1) is 18.5 Å². The SMILES string of the molecule is Cc1ccccc1OCc1nc(CN(CC(C)C)C(=O)c2ccco2)cs1. The Bertz CT molecular complexity index is 871. The molecule has 0 aliphatic carbocycles. The first-order valence-electron chi connectivity index (χ1n) is 8.97. The van der Waals surface area contributed by atoms with Gasteiger partial charge >= 0.3 is 0 Å². The quantitative estimate of drug-likeness (QED) is 0.553. The first-order chi connectivity index (χ1) is 13.0. The van der Waals surface area contributed by atoms with Gasteiger partial charge in [0.25, 0.3) is 5.91 Å². The Hall–Kier alpha value is -2.60. The number of thiazole rings is 1. The lowest BCUT2D eigenvalue weighted by Crippen LogP contribution is -2.33. The third kappa shape index (κ3) is 5.20. The number of amides is 1. The van der Waals surface area contributed by atoms with Crippen LogP contribution in [-0.2, 0) is 13.2 Å². The highest BCUT2D eigenvalue weighted by atomic mass is 32.1. The molecule has 2 heterocycles. The molecule has 0 radical (unpaired) electrons. The molecule has 0 fully saturated rings. The van der Waals surface area contributed by atoms with Gasteiger partial charge in [0.2, 0.25) is 0 Å². The van der Waals surface area contributed by atoms with Gasteiger partial charge < -0.3 is 14.1 Å². The van der Waals surface area contributed by atoms with Crippen molar-refractivity contribution < 1.29 is 13.9 Å². The van der Waals surface area contributed by atoms with Crippen molar-refractivity contribution in [3.05, 3.63) is 70.1 Å². The minimum Gasteiger partial charge on any atom is -0.486 e. The number of benzene rings is 1. The molecule has 0 unspecified atom stereocenters. The molecule has 3 rings (SSSR count). The van der Waals surface area contributed by atoms with Crippen molar-refractivity contribution in [2.45, 2.75) is 33.9 Å². The first kappa shape index (κ1) is 19.2. The third-order valence-corrected chi connectivity index (χ3v) is 4.87. The number of carbonyl (C=O) groups excluding carboxylic acids is 1. The number of hydrogen-bond acceptors (Lipinski definition) is 5. The van der Waals surface area contributed by atoms with Crippen LogP contribution in [0.1, 0.15) is 40.7 Å². The molecule has 27 heavy (non-hydrogen) atoms. The van der Waals surface area contributed by atoms with Gasteiger partial charge in [-0.05, 0) is 36.6 Å². The second kappa shape index (κ2) is 8.86. The van der Waals surface area contributed by atoms with Crippen LogP contribution in [0.2, 0.25) is 0 Å². The Morgan fingerprint density at radius 3 is 2.78 bits per heavy atom. The number of hydrogen-bond donors (Lipinski definition) is 0. The summed E-state index contributed by atoms with van der Waals surface area (Å²) in [4.78, 5) is 19.1. The molecule has 0 saturated heterocycles. The molecule has 5 nitrogen and oxygen atoms in total. The van der Waals surface area contributed by atoms with Gasteiger partial charge in [-0.2, -0.15) is 0 Å². The van der Waals surface area contributed by atoms with Gasteiger partial charge in [-0.1, -0.05) is 32.0 Å². The third-order valence-electron chi connectivity index (χ3n) is 4.00. The van der Waals surface area contributed by atoms with Gasteiger partial charge in [0.1, 0.15) is 17.4 Å². The summed E-state index contributed by atoms with van der Waals surface area (Å²) in [5.41, 5.74) is 1.96. The van der Waals surface area contributed by atoms with Crippen molar-refractivity contribution in [3.8, 4) is 5.75 Å². The van der Waals surface area contributed by atoms with Crippen LogP contribution in [0.4, 0.5) is 0 Å². The van der Waals surface area contributed by atoms with E-state index in [0.29, 0.717) is 31.4 Å². The van der Waals surface area contributed by atoms with Crippen molar-refractivity contribution >= 4 is 17.2 Å². The molecule has 3 aromatic rings.